The Morgan fingerprint density at radius 1 is 1.29 bits per heavy atom. The van der Waals surface area contributed by atoms with Crippen molar-refractivity contribution in [2.75, 3.05) is 0 Å². The summed E-state index contributed by atoms with van der Waals surface area (Å²) >= 11 is 3.44. The minimum atomic E-state index is 0.272. The van der Waals surface area contributed by atoms with Gasteiger partial charge in [-0.2, -0.15) is 5.10 Å². The Morgan fingerprint density at radius 3 is 2.43 bits per heavy atom. The van der Waals surface area contributed by atoms with Crippen LogP contribution < -0.4 is 0 Å². The van der Waals surface area contributed by atoms with Crippen LogP contribution in [-0.2, 0) is 7.05 Å². The minimum Gasteiger partial charge on any atom is -0.508 e. The van der Waals surface area contributed by atoms with E-state index in [1.54, 1.807) is 23.0 Å². The van der Waals surface area contributed by atoms with Crippen molar-refractivity contribution in [3.63, 3.8) is 0 Å². The van der Waals surface area contributed by atoms with Crippen LogP contribution in [0, 0.1) is 0 Å². The Balaban J connectivity index is 2.49. The molecule has 0 bridgehead atoms. The van der Waals surface area contributed by atoms with Gasteiger partial charge in [0, 0.05) is 12.6 Å². The number of phenols is 1. The third kappa shape index (κ3) is 1.53. The Bertz CT molecular complexity index is 448. The highest BCUT2D eigenvalue weighted by Crippen LogP contribution is 2.28. The molecular formula is C10H9BrN2O. The van der Waals surface area contributed by atoms with Crippen molar-refractivity contribution in [1.29, 1.82) is 0 Å². The van der Waals surface area contributed by atoms with Gasteiger partial charge in [0.05, 0.1) is 6.20 Å². The molecule has 0 radical (unpaired) electrons. The van der Waals surface area contributed by atoms with Gasteiger partial charge in [-0.15, -0.1) is 0 Å². The van der Waals surface area contributed by atoms with Gasteiger partial charge in [0.2, 0.25) is 0 Å². The molecule has 0 aliphatic rings. The summed E-state index contributed by atoms with van der Waals surface area (Å²) in [4.78, 5) is 0. The van der Waals surface area contributed by atoms with Crippen LogP contribution in [0.5, 0.6) is 5.75 Å². The molecule has 14 heavy (non-hydrogen) atoms. The predicted molar refractivity (Wildman–Crippen MR) is 58.0 cm³/mol. The normalized spacial score (nSPS) is 10.4. The maximum Gasteiger partial charge on any atom is 0.115 e. The van der Waals surface area contributed by atoms with E-state index in [0.29, 0.717) is 0 Å². The number of phenolic OH excluding ortho intramolecular Hbond substituents is 1. The van der Waals surface area contributed by atoms with Gasteiger partial charge < -0.3 is 5.11 Å². The first-order chi connectivity index (χ1) is 6.68. The number of hydrogen-bond acceptors (Lipinski definition) is 2. The number of hydrogen-bond donors (Lipinski definition) is 1. The molecule has 0 atom stereocenters. The fraction of sp³-hybridized carbons (Fsp3) is 0.100. The molecule has 1 aromatic carbocycles. The second-order valence-corrected chi connectivity index (χ2v) is 3.77. The lowest BCUT2D eigenvalue weighted by atomic mass is 10.1. The number of nitrogens with zero attached hydrogens (tertiary/aromatic N) is 2. The van der Waals surface area contributed by atoms with Crippen LogP contribution in [0.4, 0.5) is 0 Å². The van der Waals surface area contributed by atoms with Crippen molar-refractivity contribution in [2.45, 2.75) is 0 Å². The first-order valence-electron chi connectivity index (χ1n) is 4.15. The fourth-order valence-electron chi connectivity index (χ4n) is 1.26. The fourth-order valence-corrected chi connectivity index (χ4v) is 1.68. The summed E-state index contributed by atoms with van der Waals surface area (Å²) < 4.78 is 2.69. The molecule has 0 spiro atoms. The largest absolute Gasteiger partial charge is 0.508 e. The van der Waals surface area contributed by atoms with E-state index in [4.69, 9.17) is 5.11 Å². The average Bonchev–Trinajstić information content (AvgIpc) is 2.50. The maximum absolute atomic E-state index is 9.15. The van der Waals surface area contributed by atoms with Gasteiger partial charge in [-0.25, -0.2) is 0 Å². The number of aromatic nitrogens is 2. The van der Waals surface area contributed by atoms with E-state index in [1.807, 2.05) is 19.2 Å². The molecule has 3 nitrogen and oxygen atoms in total. The maximum atomic E-state index is 9.15. The summed E-state index contributed by atoms with van der Waals surface area (Å²) in [5.41, 5.74) is 2.05. The molecule has 0 aliphatic heterocycles. The molecule has 2 rings (SSSR count). The van der Waals surface area contributed by atoms with E-state index in [9.17, 15) is 0 Å². The standard InChI is InChI=1S/C10H9BrN2O/c1-13-10(11)9(6-12-13)7-2-4-8(14)5-3-7/h2-6,14H,1H3. The SMILES string of the molecule is Cn1ncc(-c2ccc(O)cc2)c1Br. The average molecular weight is 253 g/mol. The van der Waals surface area contributed by atoms with Gasteiger partial charge in [0.25, 0.3) is 0 Å². The van der Waals surface area contributed by atoms with Crippen molar-refractivity contribution in [3.05, 3.63) is 35.1 Å². The molecular weight excluding hydrogens is 244 g/mol. The van der Waals surface area contributed by atoms with Gasteiger partial charge >= 0.3 is 0 Å². The Hall–Kier alpha value is -1.29. The van der Waals surface area contributed by atoms with Crippen molar-refractivity contribution in [1.82, 2.24) is 9.78 Å². The zero-order chi connectivity index (χ0) is 10.1. The summed E-state index contributed by atoms with van der Waals surface area (Å²) in [5, 5.41) is 13.3. The van der Waals surface area contributed by atoms with Crippen LogP contribution in [0.25, 0.3) is 11.1 Å². The smallest absolute Gasteiger partial charge is 0.115 e. The molecule has 1 heterocycles. The van der Waals surface area contributed by atoms with Crippen molar-refractivity contribution >= 4 is 15.9 Å². The number of halogens is 1. The van der Waals surface area contributed by atoms with Crippen LogP contribution >= 0.6 is 15.9 Å². The summed E-state index contributed by atoms with van der Waals surface area (Å²) in [6.45, 7) is 0. The van der Waals surface area contributed by atoms with E-state index < -0.39 is 0 Å². The summed E-state index contributed by atoms with van der Waals surface area (Å²) in [6.07, 6.45) is 1.79. The lowest BCUT2D eigenvalue weighted by molar-refractivity contribution is 0.475. The van der Waals surface area contributed by atoms with Gasteiger partial charge in [0.15, 0.2) is 0 Å². The summed E-state index contributed by atoms with van der Waals surface area (Å²) in [6, 6.07) is 7.04. The first kappa shape index (κ1) is 9.27. The highest BCUT2D eigenvalue weighted by molar-refractivity contribution is 9.10. The van der Waals surface area contributed by atoms with Gasteiger partial charge in [-0.3, -0.25) is 4.68 Å². The molecule has 72 valence electrons. The molecule has 1 aromatic heterocycles. The molecule has 0 amide bonds. The van der Waals surface area contributed by atoms with Gasteiger partial charge in [-0.1, -0.05) is 12.1 Å². The quantitative estimate of drug-likeness (QED) is 0.848. The van der Waals surface area contributed by atoms with Crippen LogP contribution in [0.3, 0.4) is 0 Å². The molecule has 0 fully saturated rings. The predicted octanol–water partition coefficient (Wildman–Crippen LogP) is 2.56. The summed E-state index contributed by atoms with van der Waals surface area (Å²) in [5.74, 6) is 0.272. The molecule has 0 saturated heterocycles. The molecule has 1 N–H and O–H groups in total. The van der Waals surface area contributed by atoms with Gasteiger partial charge in [-0.05, 0) is 33.6 Å². The molecule has 2 aromatic rings. The van der Waals surface area contributed by atoms with Crippen LogP contribution in [0.15, 0.2) is 35.1 Å². The number of rotatable bonds is 1. The molecule has 0 unspecified atom stereocenters. The Kier molecular flexibility index (Phi) is 2.29. The molecule has 0 aliphatic carbocycles. The van der Waals surface area contributed by atoms with E-state index in [1.165, 1.54) is 0 Å². The van der Waals surface area contributed by atoms with Crippen molar-refractivity contribution < 1.29 is 5.11 Å². The highest BCUT2D eigenvalue weighted by Gasteiger charge is 2.06. The third-order valence-electron chi connectivity index (χ3n) is 2.04. The highest BCUT2D eigenvalue weighted by atomic mass is 79.9. The lowest BCUT2D eigenvalue weighted by Gasteiger charge is -1.99. The Morgan fingerprint density at radius 2 is 1.93 bits per heavy atom. The van der Waals surface area contributed by atoms with E-state index in [2.05, 4.69) is 21.0 Å². The number of aryl methyl sites for hydroxylation is 1. The number of benzene rings is 1. The summed E-state index contributed by atoms with van der Waals surface area (Å²) in [7, 11) is 1.87. The van der Waals surface area contributed by atoms with Crippen LogP contribution in [-0.4, -0.2) is 14.9 Å². The van der Waals surface area contributed by atoms with Crippen LogP contribution in [0.1, 0.15) is 0 Å². The molecule has 4 heteroatoms. The van der Waals surface area contributed by atoms with Crippen LogP contribution in [0.2, 0.25) is 0 Å². The zero-order valence-corrected chi connectivity index (χ0v) is 9.19. The van der Waals surface area contributed by atoms with E-state index in [-0.39, 0.29) is 5.75 Å². The van der Waals surface area contributed by atoms with Crippen molar-refractivity contribution in [3.8, 4) is 16.9 Å². The topological polar surface area (TPSA) is 38.0 Å². The Labute approximate surface area is 90.1 Å². The van der Waals surface area contributed by atoms with E-state index >= 15 is 0 Å². The van der Waals surface area contributed by atoms with E-state index in [0.717, 1.165) is 15.7 Å². The minimum absolute atomic E-state index is 0.272. The number of aromatic hydroxyl groups is 1. The first-order valence-corrected chi connectivity index (χ1v) is 4.94. The second kappa shape index (κ2) is 3.46. The zero-order valence-electron chi connectivity index (χ0n) is 7.61. The lowest BCUT2D eigenvalue weighted by Crippen LogP contribution is -1.88. The van der Waals surface area contributed by atoms with Crippen molar-refractivity contribution in [2.24, 2.45) is 7.05 Å². The second-order valence-electron chi connectivity index (χ2n) is 3.02. The third-order valence-corrected chi connectivity index (χ3v) is 2.99. The molecule has 0 saturated carbocycles. The van der Waals surface area contributed by atoms with Gasteiger partial charge in [0.1, 0.15) is 10.4 Å². The monoisotopic (exact) mass is 252 g/mol.